The minimum Gasteiger partial charge on any atom is -0.321 e. The van der Waals surface area contributed by atoms with Gasteiger partial charge in [0, 0.05) is 15.7 Å². The first-order chi connectivity index (χ1) is 9.44. The summed E-state index contributed by atoms with van der Waals surface area (Å²) in [4.78, 5) is 3.83. The molecule has 9 heteroatoms. The SMILES string of the molecule is NNc1cccnc1S(=O)(=O)Nc1cc(Cl)ccc1Br. The first-order valence-corrected chi connectivity index (χ1v) is 7.99. The quantitative estimate of drug-likeness (QED) is 0.562. The zero-order chi connectivity index (χ0) is 14.8. The fourth-order valence-corrected chi connectivity index (χ4v) is 3.30. The van der Waals surface area contributed by atoms with Gasteiger partial charge < -0.3 is 5.43 Å². The zero-order valence-electron chi connectivity index (χ0n) is 9.97. The molecule has 1 heterocycles. The van der Waals surface area contributed by atoms with E-state index in [0.29, 0.717) is 15.2 Å². The predicted molar refractivity (Wildman–Crippen MR) is 82.0 cm³/mol. The van der Waals surface area contributed by atoms with E-state index in [2.05, 4.69) is 31.1 Å². The maximum atomic E-state index is 12.3. The molecule has 0 saturated heterocycles. The minimum atomic E-state index is -3.89. The summed E-state index contributed by atoms with van der Waals surface area (Å²) in [5, 5.41) is 0.207. The number of nitrogens with zero attached hydrogens (tertiary/aromatic N) is 1. The van der Waals surface area contributed by atoms with Crippen LogP contribution in [0.1, 0.15) is 0 Å². The van der Waals surface area contributed by atoms with Crippen molar-refractivity contribution in [1.82, 2.24) is 4.98 Å². The number of pyridine rings is 1. The summed E-state index contributed by atoms with van der Waals surface area (Å²) < 4.78 is 27.6. The number of rotatable bonds is 4. The molecule has 106 valence electrons. The molecule has 0 radical (unpaired) electrons. The van der Waals surface area contributed by atoms with E-state index in [0.717, 1.165) is 0 Å². The van der Waals surface area contributed by atoms with Crippen LogP contribution >= 0.6 is 27.5 Å². The van der Waals surface area contributed by atoms with Crippen molar-refractivity contribution in [3.8, 4) is 0 Å². The molecule has 0 amide bonds. The van der Waals surface area contributed by atoms with Gasteiger partial charge in [-0.05, 0) is 46.3 Å². The zero-order valence-corrected chi connectivity index (χ0v) is 13.1. The second-order valence-electron chi connectivity index (χ2n) is 3.73. The van der Waals surface area contributed by atoms with Crippen LogP contribution in [-0.4, -0.2) is 13.4 Å². The van der Waals surface area contributed by atoms with Crippen LogP contribution in [-0.2, 0) is 10.0 Å². The van der Waals surface area contributed by atoms with Gasteiger partial charge in [0.1, 0.15) is 0 Å². The van der Waals surface area contributed by atoms with Gasteiger partial charge in [0.2, 0.25) is 5.03 Å². The molecule has 0 bridgehead atoms. The second kappa shape index (κ2) is 5.96. The van der Waals surface area contributed by atoms with Gasteiger partial charge in [0.05, 0.1) is 11.4 Å². The molecule has 0 atom stereocenters. The predicted octanol–water partition coefficient (Wildman–Crippen LogP) is 2.58. The van der Waals surface area contributed by atoms with Crippen molar-refractivity contribution in [3.63, 3.8) is 0 Å². The maximum Gasteiger partial charge on any atom is 0.281 e. The summed E-state index contributed by atoms with van der Waals surface area (Å²) >= 11 is 9.09. The van der Waals surface area contributed by atoms with Crippen molar-refractivity contribution >= 4 is 48.9 Å². The standard InChI is InChI=1S/C11H10BrClN4O2S/c12-8-4-3-7(13)6-10(8)17-20(18,19)11-9(16-14)2-1-5-15-11/h1-6,16-17H,14H2. The van der Waals surface area contributed by atoms with Crippen LogP contribution < -0.4 is 16.0 Å². The molecule has 2 aromatic rings. The van der Waals surface area contributed by atoms with Crippen LogP contribution in [0.15, 0.2) is 46.0 Å². The third-order valence-electron chi connectivity index (χ3n) is 2.35. The molecular weight excluding hydrogens is 368 g/mol. The van der Waals surface area contributed by atoms with Crippen LogP contribution in [0.3, 0.4) is 0 Å². The summed E-state index contributed by atoms with van der Waals surface area (Å²) in [7, 11) is -3.89. The molecule has 1 aromatic carbocycles. The summed E-state index contributed by atoms with van der Waals surface area (Å²) in [5.41, 5.74) is 2.80. The Bertz CT molecular complexity index is 739. The Hall–Kier alpha value is -1.35. The lowest BCUT2D eigenvalue weighted by Gasteiger charge is -2.12. The van der Waals surface area contributed by atoms with Gasteiger partial charge in [-0.25, -0.2) is 4.98 Å². The highest BCUT2D eigenvalue weighted by atomic mass is 79.9. The molecule has 0 spiro atoms. The summed E-state index contributed by atoms with van der Waals surface area (Å²) in [6.07, 6.45) is 1.36. The number of halogens is 2. The number of hydrogen-bond donors (Lipinski definition) is 3. The van der Waals surface area contributed by atoms with E-state index >= 15 is 0 Å². The van der Waals surface area contributed by atoms with E-state index in [1.165, 1.54) is 18.3 Å². The molecule has 0 fully saturated rings. The molecule has 20 heavy (non-hydrogen) atoms. The molecule has 0 aliphatic carbocycles. The molecular formula is C11H10BrClN4O2S. The number of nitrogen functional groups attached to an aromatic ring is 1. The van der Waals surface area contributed by atoms with E-state index < -0.39 is 10.0 Å². The number of nitrogens with one attached hydrogen (secondary N) is 2. The third kappa shape index (κ3) is 3.21. The average Bonchev–Trinajstić information content (AvgIpc) is 2.42. The first kappa shape index (κ1) is 15.0. The van der Waals surface area contributed by atoms with Gasteiger partial charge in [-0.2, -0.15) is 8.42 Å². The highest BCUT2D eigenvalue weighted by Crippen LogP contribution is 2.29. The van der Waals surface area contributed by atoms with Crippen molar-refractivity contribution in [2.24, 2.45) is 5.84 Å². The highest BCUT2D eigenvalue weighted by Gasteiger charge is 2.21. The average molecular weight is 378 g/mol. The Labute approximate surface area is 129 Å². The Morgan fingerprint density at radius 1 is 1.25 bits per heavy atom. The van der Waals surface area contributed by atoms with Gasteiger partial charge in [-0.3, -0.25) is 10.6 Å². The first-order valence-electron chi connectivity index (χ1n) is 5.33. The van der Waals surface area contributed by atoms with E-state index in [1.807, 2.05) is 0 Å². The molecule has 0 unspecified atom stereocenters. The van der Waals surface area contributed by atoms with Crippen molar-refractivity contribution in [1.29, 1.82) is 0 Å². The molecule has 4 N–H and O–H groups in total. The normalized spacial score (nSPS) is 11.2. The summed E-state index contributed by atoms with van der Waals surface area (Å²) in [6.45, 7) is 0. The third-order valence-corrected chi connectivity index (χ3v) is 4.60. The fraction of sp³-hybridized carbons (Fsp3) is 0. The minimum absolute atomic E-state index is 0.193. The van der Waals surface area contributed by atoms with Crippen molar-refractivity contribution < 1.29 is 8.42 Å². The smallest absolute Gasteiger partial charge is 0.281 e. The number of benzene rings is 1. The maximum absolute atomic E-state index is 12.3. The second-order valence-corrected chi connectivity index (χ2v) is 6.62. The fourth-order valence-electron chi connectivity index (χ4n) is 1.48. The Morgan fingerprint density at radius 3 is 2.70 bits per heavy atom. The number of anilines is 2. The van der Waals surface area contributed by atoms with Crippen molar-refractivity contribution in [2.75, 3.05) is 10.1 Å². The lowest BCUT2D eigenvalue weighted by atomic mass is 10.3. The largest absolute Gasteiger partial charge is 0.321 e. The molecule has 2 rings (SSSR count). The monoisotopic (exact) mass is 376 g/mol. The van der Waals surface area contributed by atoms with Gasteiger partial charge in [0.15, 0.2) is 0 Å². The Balaban J connectivity index is 2.43. The topological polar surface area (TPSA) is 97.1 Å². The van der Waals surface area contributed by atoms with Crippen molar-refractivity contribution in [2.45, 2.75) is 5.03 Å². The highest BCUT2D eigenvalue weighted by molar-refractivity contribution is 9.10. The van der Waals surface area contributed by atoms with Crippen LogP contribution in [0.5, 0.6) is 0 Å². The summed E-state index contributed by atoms with van der Waals surface area (Å²) in [6, 6.07) is 7.84. The Kier molecular flexibility index (Phi) is 4.48. The van der Waals surface area contributed by atoms with E-state index in [4.69, 9.17) is 17.4 Å². The number of nitrogens with two attached hydrogens (primary N) is 1. The van der Waals surface area contributed by atoms with E-state index in [1.54, 1.807) is 18.2 Å². The molecule has 6 nitrogen and oxygen atoms in total. The number of sulfonamides is 1. The van der Waals surface area contributed by atoms with Crippen LogP contribution in [0.4, 0.5) is 11.4 Å². The molecule has 1 aromatic heterocycles. The van der Waals surface area contributed by atoms with Gasteiger partial charge in [-0.15, -0.1) is 0 Å². The van der Waals surface area contributed by atoms with Gasteiger partial charge in [-0.1, -0.05) is 11.6 Å². The van der Waals surface area contributed by atoms with Crippen LogP contribution in [0.2, 0.25) is 5.02 Å². The molecule has 0 aliphatic heterocycles. The number of hydrazine groups is 1. The Morgan fingerprint density at radius 2 is 2.00 bits per heavy atom. The van der Waals surface area contributed by atoms with Gasteiger partial charge >= 0.3 is 0 Å². The van der Waals surface area contributed by atoms with E-state index in [-0.39, 0.29) is 10.7 Å². The summed E-state index contributed by atoms with van der Waals surface area (Å²) in [5.74, 6) is 5.28. The van der Waals surface area contributed by atoms with Crippen LogP contribution in [0, 0.1) is 0 Å². The lowest BCUT2D eigenvalue weighted by molar-refractivity contribution is 0.598. The van der Waals surface area contributed by atoms with E-state index in [9.17, 15) is 8.42 Å². The van der Waals surface area contributed by atoms with Crippen LogP contribution in [0.25, 0.3) is 0 Å². The molecule has 0 saturated carbocycles. The van der Waals surface area contributed by atoms with Gasteiger partial charge in [0.25, 0.3) is 10.0 Å². The number of aromatic nitrogens is 1. The lowest BCUT2D eigenvalue weighted by Crippen LogP contribution is -2.19. The van der Waals surface area contributed by atoms with Crippen molar-refractivity contribution in [3.05, 3.63) is 46.0 Å². The molecule has 0 aliphatic rings. The number of hydrogen-bond acceptors (Lipinski definition) is 5.